The number of carbonyl (C=O) groups is 1. The van der Waals surface area contributed by atoms with Crippen molar-refractivity contribution >= 4 is 17.5 Å². The van der Waals surface area contributed by atoms with Gasteiger partial charge in [-0.25, -0.2) is 9.37 Å². The summed E-state index contributed by atoms with van der Waals surface area (Å²) in [5.74, 6) is -0.373. The lowest BCUT2D eigenvalue weighted by atomic mass is 9.98. The van der Waals surface area contributed by atoms with Crippen LogP contribution in [0.2, 0.25) is 5.02 Å². The van der Waals surface area contributed by atoms with Crippen molar-refractivity contribution in [1.29, 1.82) is 0 Å². The first kappa shape index (κ1) is 21.7. The second-order valence-corrected chi connectivity index (χ2v) is 8.04. The van der Waals surface area contributed by atoms with Gasteiger partial charge in [-0.3, -0.25) is 4.79 Å². The summed E-state index contributed by atoms with van der Waals surface area (Å²) in [6, 6.07) is 4.97. The Hall–Kier alpha value is -1.96. The molecule has 2 aromatic rings. The van der Waals surface area contributed by atoms with Crippen molar-refractivity contribution in [1.82, 2.24) is 14.9 Å². The molecule has 2 unspecified atom stereocenters. The number of aliphatic hydroxyl groups is 2. The summed E-state index contributed by atoms with van der Waals surface area (Å²) in [6.07, 6.45) is 7.44. The van der Waals surface area contributed by atoms with Crippen LogP contribution in [0.3, 0.4) is 0 Å². The molecule has 0 bridgehead atoms. The van der Waals surface area contributed by atoms with Crippen molar-refractivity contribution in [2.24, 2.45) is 5.92 Å². The van der Waals surface area contributed by atoms with Crippen molar-refractivity contribution in [3.05, 3.63) is 41.3 Å². The van der Waals surface area contributed by atoms with Crippen LogP contribution in [0, 0.1) is 5.92 Å². The summed E-state index contributed by atoms with van der Waals surface area (Å²) < 4.78 is 14.1. The number of halogens is 2. The van der Waals surface area contributed by atoms with Gasteiger partial charge in [0.1, 0.15) is 19.0 Å². The third-order valence-electron chi connectivity index (χ3n) is 5.37. The lowest BCUT2D eigenvalue weighted by molar-refractivity contribution is 0.0532. The van der Waals surface area contributed by atoms with Crippen LogP contribution >= 0.6 is 11.6 Å². The van der Waals surface area contributed by atoms with Gasteiger partial charge < -0.3 is 20.1 Å². The molecule has 2 atom stereocenters. The maximum Gasteiger partial charge on any atom is 0.254 e. The van der Waals surface area contributed by atoms with E-state index in [1.54, 1.807) is 29.0 Å². The van der Waals surface area contributed by atoms with E-state index in [4.69, 9.17) is 11.6 Å². The quantitative estimate of drug-likeness (QED) is 0.469. The van der Waals surface area contributed by atoms with Crippen LogP contribution in [-0.2, 0) is 6.54 Å². The molecule has 29 heavy (non-hydrogen) atoms. The number of carbonyl (C=O) groups excluding carboxylic acids is 1. The van der Waals surface area contributed by atoms with E-state index in [0.29, 0.717) is 11.3 Å². The van der Waals surface area contributed by atoms with Crippen LogP contribution in [0.25, 0.3) is 11.3 Å². The van der Waals surface area contributed by atoms with Crippen LogP contribution in [0.4, 0.5) is 4.39 Å². The Morgan fingerprint density at radius 2 is 2.00 bits per heavy atom. The number of aromatic nitrogens is 2. The van der Waals surface area contributed by atoms with Crippen molar-refractivity contribution < 1.29 is 19.4 Å². The number of benzene rings is 1. The van der Waals surface area contributed by atoms with E-state index < -0.39 is 24.9 Å². The second kappa shape index (κ2) is 10.2. The van der Waals surface area contributed by atoms with Crippen LogP contribution in [0.15, 0.2) is 30.7 Å². The number of hydrogen-bond acceptors (Lipinski definition) is 4. The van der Waals surface area contributed by atoms with E-state index >= 15 is 0 Å². The standard InChI is InChI=1S/C21H27ClFN3O3/c22-18-8-7-15(19-12-26(13-24-19)11-16(27)10-23)9-17(18)21(29)25-20(28)14-5-3-1-2-4-6-14/h7-9,12-14,16,20,27-28H,1-6,10-11H2,(H,25,29). The number of amides is 1. The fourth-order valence-electron chi connectivity index (χ4n) is 3.72. The molecule has 3 rings (SSSR count). The number of rotatable bonds is 7. The largest absolute Gasteiger partial charge is 0.389 e. The van der Waals surface area contributed by atoms with Crippen LogP contribution in [0.1, 0.15) is 48.9 Å². The predicted molar refractivity (Wildman–Crippen MR) is 109 cm³/mol. The molecule has 0 radical (unpaired) electrons. The highest BCUT2D eigenvalue weighted by Gasteiger charge is 2.23. The van der Waals surface area contributed by atoms with E-state index in [0.717, 1.165) is 25.7 Å². The Labute approximate surface area is 174 Å². The molecular formula is C21H27ClFN3O3. The number of hydrogen-bond donors (Lipinski definition) is 3. The molecule has 3 N–H and O–H groups in total. The topological polar surface area (TPSA) is 87.4 Å². The Morgan fingerprint density at radius 3 is 2.69 bits per heavy atom. The molecule has 0 saturated heterocycles. The zero-order chi connectivity index (χ0) is 20.8. The molecule has 1 aliphatic rings. The number of aliphatic hydroxyl groups excluding tert-OH is 2. The van der Waals surface area contributed by atoms with Crippen molar-refractivity contribution in [2.45, 2.75) is 57.4 Å². The molecule has 8 heteroatoms. The molecule has 1 aliphatic carbocycles. The molecule has 1 fully saturated rings. The van der Waals surface area contributed by atoms with Crippen molar-refractivity contribution in [2.75, 3.05) is 6.67 Å². The molecule has 6 nitrogen and oxygen atoms in total. The second-order valence-electron chi connectivity index (χ2n) is 7.63. The van der Waals surface area contributed by atoms with Gasteiger partial charge in [-0.2, -0.15) is 0 Å². The minimum absolute atomic E-state index is 0.0565. The van der Waals surface area contributed by atoms with E-state index in [-0.39, 0.29) is 23.0 Å². The fraction of sp³-hybridized carbons (Fsp3) is 0.524. The summed E-state index contributed by atoms with van der Waals surface area (Å²) in [5.41, 5.74) is 1.50. The number of nitrogens with zero attached hydrogens (tertiary/aromatic N) is 2. The van der Waals surface area contributed by atoms with Gasteiger partial charge in [0.15, 0.2) is 0 Å². The molecule has 1 saturated carbocycles. The zero-order valence-corrected chi connectivity index (χ0v) is 17.0. The summed E-state index contributed by atoms with van der Waals surface area (Å²) >= 11 is 6.22. The van der Waals surface area contributed by atoms with Gasteiger partial charge in [0, 0.05) is 17.7 Å². The minimum atomic E-state index is -1.09. The normalized spacial score (nSPS) is 17.5. The van der Waals surface area contributed by atoms with Crippen molar-refractivity contribution in [3.63, 3.8) is 0 Å². The van der Waals surface area contributed by atoms with Crippen LogP contribution in [0.5, 0.6) is 0 Å². The predicted octanol–water partition coefficient (Wildman–Crippen LogP) is 3.55. The van der Waals surface area contributed by atoms with Gasteiger partial charge in [-0.1, -0.05) is 43.4 Å². The van der Waals surface area contributed by atoms with Gasteiger partial charge in [0.05, 0.1) is 29.2 Å². The van der Waals surface area contributed by atoms with E-state index in [1.165, 1.54) is 19.2 Å². The number of imidazole rings is 1. The molecule has 1 aromatic heterocycles. The van der Waals surface area contributed by atoms with Crippen LogP contribution in [-0.4, -0.2) is 44.7 Å². The SMILES string of the molecule is O=C(NC(O)C1CCCCCC1)c1cc(-c2cn(CC(O)CF)cn2)ccc1Cl. The maximum absolute atomic E-state index is 12.7. The Bertz CT molecular complexity index is 821. The highest BCUT2D eigenvalue weighted by molar-refractivity contribution is 6.34. The first-order valence-corrected chi connectivity index (χ1v) is 10.4. The van der Waals surface area contributed by atoms with E-state index in [9.17, 15) is 19.4 Å². The molecule has 0 spiro atoms. The van der Waals surface area contributed by atoms with E-state index in [1.807, 2.05) is 0 Å². The number of alkyl halides is 1. The summed E-state index contributed by atoms with van der Waals surface area (Å²) in [4.78, 5) is 17.0. The summed E-state index contributed by atoms with van der Waals surface area (Å²) in [5, 5.41) is 22.9. The molecule has 1 heterocycles. The fourth-order valence-corrected chi connectivity index (χ4v) is 3.92. The molecule has 0 aliphatic heterocycles. The first-order valence-electron chi connectivity index (χ1n) is 10.0. The Balaban J connectivity index is 1.72. The average molecular weight is 424 g/mol. The molecule has 1 aromatic carbocycles. The van der Waals surface area contributed by atoms with Gasteiger partial charge in [-0.15, -0.1) is 0 Å². The monoisotopic (exact) mass is 423 g/mol. The smallest absolute Gasteiger partial charge is 0.254 e. The van der Waals surface area contributed by atoms with Gasteiger partial charge in [-0.05, 0) is 25.0 Å². The highest BCUT2D eigenvalue weighted by Crippen LogP contribution is 2.27. The van der Waals surface area contributed by atoms with Gasteiger partial charge >= 0.3 is 0 Å². The lowest BCUT2D eigenvalue weighted by Crippen LogP contribution is -2.40. The molecule has 158 valence electrons. The summed E-state index contributed by atoms with van der Waals surface area (Å²) in [6.45, 7) is -0.736. The zero-order valence-electron chi connectivity index (χ0n) is 16.2. The third kappa shape index (κ3) is 5.78. The third-order valence-corrected chi connectivity index (χ3v) is 5.69. The van der Waals surface area contributed by atoms with Gasteiger partial charge in [0.25, 0.3) is 5.91 Å². The van der Waals surface area contributed by atoms with E-state index in [2.05, 4.69) is 10.3 Å². The van der Waals surface area contributed by atoms with Gasteiger partial charge in [0.2, 0.25) is 0 Å². The lowest BCUT2D eigenvalue weighted by Gasteiger charge is -2.22. The Kier molecular flexibility index (Phi) is 7.64. The Morgan fingerprint density at radius 1 is 1.28 bits per heavy atom. The maximum atomic E-state index is 12.7. The first-order chi connectivity index (χ1) is 14.0. The average Bonchev–Trinajstić information content (AvgIpc) is 2.99. The summed E-state index contributed by atoms with van der Waals surface area (Å²) in [7, 11) is 0. The molecule has 1 amide bonds. The van der Waals surface area contributed by atoms with Crippen LogP contribution < -0.4 is 5.32 Å². The van der Waals surface area contributed by atoms with Crippen molar-refractivity contribution in [3.8, 4) is 11.3 Å². The minimum Gasteiger partial charge on any atom is -0.389 e. The highest BCUT2D eigenvalue weighted by atomic mass is 35.5. The molecular weight excluding hydrogens is 397 g/mol. The number of nitrogens with one attached hydrogen (secondary N) is 1.